The summed E-state index contributed by atoms with van der Waals surface area (Å²) in [5.41, 5.74) is 4.97. The maximum absolute atomic E-state index is 2.43. The molecule has 1 unspecified atom stereocenters. The van der Waals surface area contributed by atoms with E-state index in [9.17, 15) is 0 Å². The van der Waals surface area contributed by atoms with Crippen molar-refractivity contribution in [3.05, 3.63) is 59.2 Å². The molecule has 3 aromatic carbocycles. The molecule has 0 bridgehead atoms. The molecule has 106 valence electrons. The number of fused-ring (bicyclic) bond motifs is 5. The zero-order chi connectivity index (χ0) is 14.6. The smallest absolute Gasteiger partial charge is 0.00718 e. The molecular formula is C21H22. The molecule has 0 fully saturated rings. The number of hydrogen-bond donors (Lipinski definition) is 0. The molecule has 0 saturated heterocycles. The lowest BCUT2D eigenvalue weighted by molar-refractivity contribution is 0.453. The summed E-state index contributed by atoms with van der Waals surface area (Å²) in [5, 5.41) is 5.71. The van der Waals surface area contributed by atoms with Gasteiger partial charge in [-0.15, -0.1) is 0 Å². The zero-order valence-corrected chi connectivity index (χ0v) is 13.2. The number of benzene rings is 3. The van der Waals surface area contributed by atoms with Gasteiger partial charge in [0, 0.05) is 0 Å². The SMILES string of the molecule is CCC1(C)CCc2c1ccc1c2cc(C)c2ccccc21. The molecule has 0 nitrogen and oxygen atoms in total. The fourth-order valence-electron chi connectivity index (χ4n) is 4.16. The zero-order valence-electron chi connectivity index (χ0n) is 13.2. The summed E-state index contributed by atoms with van der Waals surface area (Å²) in [6.07, 6.45) is 3.76. The molecule has 0 heterocycles. The molecule has 0 heteroatoms. The van der Waals surface area contributed by atoms with Crippen LogP contribution in [0.5, 0.6) is 0 Å². The number of hydrogen-bond acceptors (Lipinski definition) is 0. The van der Waals surface area contributed by atoms with Crippen molar-refractivity contribution in [3.8, 4) is 0 Å². The van der Waals surface area contributed by atoms with E-state index in [1.54, 1.807) is 11.1 Å². The Bertz CT molecular complexity index is 857. The van der Waals surface area contributed by atoms with E-state index in [1.807, 2.05) is 0 Å². The third kappa shape index (κ3) is 1.68. The van der Waals surface area contributed by atoms with Crippen LogP contribution in [0.1, 0.15) is 43.4 Å². The first-order valence-corrected chi connectivity index (χ1v) is 8.08. The van der Waals surface area contributed by atoms with Crippen molar-refractivity contribution in [2.24, 2.45) is 0 Å². The van der Waals surface area contributed by atoms with Gasteiger partial charge in [0.1, 0.15) is 0 Å². The van der Waals surface area contributed by atoms with Crippen LogP contribution in [0, 0.1) is 6.92 Å². The standard InChI is InChI=1S/C21H22/c1-4-21(3)12-11-18-19-13-14(2)15-7-5-6-8-16(15)17(19)9-10-20(18)21/h5-10,13H,4,11-12H2,1-3H3. The molecule has 0 N–H and O–H groups in total. The van der Waals surface area contributed by atoms with Crippen molar-refractivity contribution in [2.45, 2.75) is 45.4 Å². The highest BCUT2D eigenvalue weighted by Gasteiger charge is 2.33. The van der Waals surface area contributed by atoms with Crippen LogP contribution in [0.15, 0.2) is 42.5 Å². The van der Waals surface area contributed by atoms with Gasteiger partial charge >= 0.3 is 0 Å². The largest absolute Gasteiger partial charge is 0.0645 e. The van der Waals surface area contributed by atoms with Crippen molar-refractivity contribution in [1.82, 2.24) is 0 Å². The summed E-state index contributed by atoms with van der Waals surface area (Å²) >= 11 is 0. The van der Waals surface area contributed by atoms with Crippen LogP contribution in [-0.4, -0.2) is 0 Å². The monoisotopic (exact) mass is 274 g/mol. The summed E-state index contributed by atoms with van der Waals surface area (Å²) in [5.74, 6) is 0. The summed E-state index contributed by atoms with van der Waals surface area (Å²) in [6.45, 7) is 7.00. The van der Waals surface area contributed by atoms with Crippen LogP contribution >= 0.6 is 0 Å². The Morgan fingerprint density at radius 1 is 0.952 bits per heavy atom. The molecule has 0 aliphatic heterocycles. The Morgan fingerprint density at radius 3 is 2.43 bits per heavy atom. The molecule has 3 aromatic rings. The second kappa shape index (κ2) is 4.34. The summed E-state index contributed by atoms with van der Waals surface area (Å²) < 4.78 is 0. The van der Waals surface area contributed by atoms with E-state index in [4.69, 9.17) is 0 Å². The fraction of sp³-hybridized carbons (Fsp3) is 0.333. The lowest BCUT2D eigenvalue weighted by Crippen LogP contribution is -2.16. The van der Waals surface area contributed by atoms with Crippen molar-refractivity contribution >= 4 is 21.5 Å². The minimum Gasteiger partial charge on any atom is -0.0645 e. The second-order valence-electron chi connectivity index (χ2n) is 6.84. The molecule has 0 radical (unpaired) electrons. The molecular weight excluding hydrogens is 252 g/mol. The summed E-state index contributed by atoms with van der Waals surface area (Å²) in [6, 6.07) is 16.0. The quantitative estimate of drug-likeness (QED) is 0.483. The first kappa shape index (κ1) is 12.9. The van der Waals surface area contributed by atoms with E-state index in [0.717, 1.165) is 0 Å². The molecule has 1 aliphatic rings. The topological polar surface area (TPSA) is 0 Å². The Morgan fingerprint density at radius 2 is 1.67 bits per heavy atom. The van der Waals surface area contributed by atoms with E-state index in [0.29, 0.717) is 5.41 Å². The van der Waals surface area contributed by atoms with Gasteiger partial charge in [0.05, 0.1) is 0 Å². The predicted octanol–water partition coefficient (Wildman–Crippen LogP) is 5.92. The van der Waals surface area contributed by atoms with Crippen molar-refractivity contribution in [3.63, 3.8) is 0 Å². The second-order valence-corrected chi connectivity index (χ2v) is 6.84. The van der Waals surface area contributed by atoms with Crippen LogP contribution in [0.4, 0.5) is 0 Å². The van der Waals surface area contributed by atoms with Gasteiger partial charge < -0.3 is 0 Å². The molecule has 1 aliphatic carbocycles. The van der Waals surface area contributed by atoms with Crippen molar-refractivity contribution in [1.29, 1.82) is 0 Å². The Kier molecular flexibility index (Phi) is 2.66. The van der Waals surface area contributed by atoms with Gasteiger partial charge in [-0.3, -0.25) is 0 Å². The molecule has 0 amide bonds. The normalized spacial score (nSPS) is 21.1. The van der Waals surface area contributed by atoms with Crippen LogP contribution in [0.3, 0.4) is 0 Å². The average molecular weight is 274 g/mol. The van der Waals surface area contributed by atoms with Crippen molar-refractivity contribution < 1.29 is 0 Å². The number of rotatable bonds is 1. The van der Waals surface area contributed by atoms with Gasteiger partial charge in [0.15, 0.2) is 0 Å². The van der Waals surface area contributed by atoms with Crippen molar-refractivity contribution in [2.75, 3.05) is 0 Å². The van der Waals surface area contributed by atoms with E-state index >= 15 is 0 Å². The van der Waals surface area contributed by atoms with Gasteiger partial charge in [-0.1, -0.05) is 56.3 Å². The minimum absolute atomic E-state index is 0.378. The molecule has 0 saturated carbocycles. The Balaban J connectivity index is 2.13. The number of aryl methyl sites for hydroxylation is 2. The highest BCUT2D eigenvalue weighted by atomic mass is 14.4. The summed E-state index contributed by atoms with van der Waals surface area (Å²) in [7, 11) is 0. The third-order valence-corrected chi connectivity index (χ3v) is 5.72. The highest BCUT2D eigenvalue weighted by Crippen LogP contribution is 2.45. The molecule has 0 spiro atoms. The maximum Gasteiger partial charge on any atom is -0.00718 e. The Labute approximate surface area is 126 Å². The predicted molar refractivity (Wildman–Crippen MR) is 92.2 cm³/mol. The lowest BCUT2D eigenvalue weighted by atomic mass is 9.81. The highest BCUT2D eigenvalue weighted by molar-refractivity contribution is 6.10. The van der Waals surface area contributed by atoms with Gasteiger partial charge in [-0.2, -0.15) is 0 Å². The maximum atomic E-state index is 2.43. The Hall–Kier alpha value is -1.82. The van der Waals surface area contributed by atoms with Crippen LogP contribution in [0.25, 0.3) is 21.5 Å². The lowest BCUT2D eigenvalue weighted by Gasteiger charge is -2.23. The molecule has 0 aromatic heterocycles. The van der Waals surface area contributed by atoms with E-state index in [2.05, 4.69) is 63.2 Å². The van der Waals surface area contributed by atoms with Crippen LogP contribution < -0.4 is 0 Å². The van der Waals surface area contributed by atoms with Gasteiger partial charge in [0.25, 0.3) is 0 Å². The first-order valence-electron chi connectivity index (χ1n) is 8.08. The fourth-order valence-corrected chi connectivity index (χ4v) is 4.16. The molecule has 21 heavy (non-hydrogen) atoms. The van der Waals surface area contributed by atoms with Gasteiger partial charge in [-0.25, -0.2) is 0 Å². The third-order valence-electron chi connectivity index (χ3n) is 5.72. The minimum atomic E-state index is 0.378. The van der Waals surface area contributed by atoms with E-state index in [1.165, 1.54) is 46.4 Å². The molecule has 1 atom stereocenters. The van der Waals surface area contributed by atoms with E-state index < -0.39 is 0 Å². The van der Waals surface area contributed by atoms with Gasteiger partial charge in [0.2, 0.25) is 0 Å². The van der Waals surface area contributed by atoms with Gasteiger partial charge in [-0.05, 0) is 69.8 Å². The first-order chi connectivity index (χ1) is 10.1. The van der Waals surface area contributed by atoms with Crippen LogP contribution in [0.2, 0.25) is 0 Å². The van der Waals surface area contributed by atoms with Crippen LogP contribution in [-0.2, 0) is 11.8 Å². The van der Waals surface area contributed by atoms with E-state index in [-0.39, 0.29) is 0 Å². The average Bonchev–Trinajstić information content (AvgIpc) is 2.86. The molecule has 4 rings (SSSR count). The summed E-state index contributed by atoms with van der Waals surface area (Å²) in [4.78, 5) is 0.